The van der Waals surface area contributed by atoms with E-state index in [2.05, 4.69) is 62.4 Å². The van der Waals surface area contributed by atoms with Crippen molar-refractivity contribution in [3.05, 3.63) is 70.8 Å². The first-order chi connectivity index (χ1) is 9.13. The first kappa shape index (κ1) is 14.1. The number of halogens is 1. The summed E-state index contributed by atoms with van der Waals surface area (Å²) in [6.45, 7) is 4.26. The van der Waals surface area contributed by atoms with Crippen LogP contribution in [0.15, 0.2) is 48.5 Å². The molecular weight excluding hydrogens is 252 g/mol. The summed E-state index contributed by atoms with van der Waals surface area (Å²) in [5.74, 6) is 0. The summed E-state index contributed by atoms with van der Waals surface area (Å²) < 4.78 is 0. The van der Waals surface area contributed by atoms with Gasteiger partial charge in [-0.3, -0.25) is 0 Å². The zero-order valence-corrected chi connectivity index (χ0v) is 12.5. The van der Waals surface area contributed by atoms with Crippen molar-refractivity contribution in [1.82, 2.24) is 0 Å². The van der Waals surface area contributed by atoms with E-state index in [4.69, 9.17) is 11.6 Å². The minimum absolute atomic E-state index is 0.210. The zero-order valence-electron chi connectivity index (χ0n) is 11.7. The SMILES string of the molecule is Cc1cccc(CCC(Cl)Cc2cccc(C)c2)c1. The molecule has 0 saturated carbocycles. The minimum Gasteiger partial charge on any atom is -0.123 e. The second-order valence-electron chi connectivity index (χ2n) is 5.32. The Balaban J connectivity index is 1.86. The van der Waals surface area contributed by atoms with Gasteiger partial charge in [0.05, 0.1) is 0 Å². The van der Waals surface area contributed by atoms with Gasteiger partial charge in [-0.15, -0.1) is 11.6 Å². The Kier molecular flexibility index (Phi) is 5.04. The molecule has 0 aromatic heterocycles. The second-order valence-corrected chi connectivity index (χ2v) is 5.94. The molecule has 0 amide bonds. The molecule has 0 heterocycles. The number of hydrogen-bond acceptors (Lipinski definition) is 0. The molecule has 19 heavy (non-hydrogen) atoms. The Labute approximate surface area is 121 Å². The maximum Gasteiger partial charge on any atom is 0.0379 e. The van der Waals surface area contributed by atoms with E-state index >= 15 is 0 Å². The second kappa shape index (κ2) is 6.77. The maximum absolute atomic E-state index is 6.46. The summed E-state index contributed by atoms with van der Waals surface area (Å²) in [7, 11) is 0. The first-order valence-corrected chi connectivity index (χ1v) is 7.32. The van der Waals surface area contributed by atoms with E-state index in [9.17, 15) is 0 Å². The molecule has 0 aliphatic heterocycles. The molecule has 100 valence electrons. The molecule has 0 saturated heterocycles. The number of rotatable bonds is 5. The third-order valence-electron chi connectivity index (χ3n) is 3.37. The summed E-state index contributed by atoms with van der Waals surface area (Å²) in [5.41, 5.74) is 5.35. The zero-order chi connectivity index (χ0) is 13.7. The third kappa shape index (κ3) is 4.72. The summed E-state index contributed by atoms with van der Waals surface area (Å²) in [6.07, 6.45) is 3.04. The molecule has 0 spiro atoms. The van der Waals surface area contributed by atoms with Gasteiger partial charge in [-0.25, -0.2) is 0 Å². The van der Waals surface area contributed by atoms with Crippen LogP contribution in [0.25, 0.3) is 0 Å². The topological polar surface area (TPSA) is 0 Å². The molecule has 2 aromatic carbocycles. The highest BCUT2D eigenvalue weighted by Crippen LogP contribution is 2.16. The molecule has 0 aliphatic carbocycles. The first-order valence-electron chi connectivity index (χ1n) is 6.88. The molecule has 0 bridgehead atoms. The van der Waals surface area contributed by atoms with Crippen molar-refractivity contribution in [2.75, 3.05) is 0 Å². The van der Waals surface area contributed by atoms with Gasteiger partial charge in [-0.2, -0.15) is 0 Å². The third-order valence-corrected chi connectivity index (χ3v) is 3.74. The van der Waals surface area contributed by atoms with Gasteiger partial charge in [0, 0.05) is 5.38 Å². The fraction of sp³-hybridized carbons (Fsp3) is 0.333. The monoisotopic (exact) mass is 272 g/mol. The molecule has 0 N–H and O–H groups in total. The van der Waals surface area contributed by atoms with Crippen LogP contribution in [-0.4, -0.2) is 5.38 Å². The van der Waals surface area contributed by atoms with Crippen molar-refractivity contribution >= 4 is 11.6 Å². The Morgan fingerprint density at radius 1 is 0.895 bits per heavy atom. The molecule has 1 heteroatoms. The van der Waals surface area contributed by atoms with Gasteiger partial charge in [-0.1, -0.05) is 59.7 Å². The van der Waals surface area contributed by atoms with Crippen LogP contribution < -0.4 is 0 Å². The molecular formula is C18H21Cl. The Morgan fingerprint density at radius 2 is 1.47 bits per heavy atom. The largest absolute Gasteiger partial charge is 0.123 e. The number of aryl methyl sites for hydroxylation is 3. The van der Waals surface area contributed by atoms with Crippen molar-refractivity contribution in [2.24, 2.45) is 0 Å². The number of benzene rings is 2. The molecule has 0 fully saturated rings. The summed E-state index contributed by atoms with van der Waals surface area (Å²) >= 11 is 6.46. The highest BCUT2D eigenvalue weighted by atomic mass is 35.5. The number of hydrogen-bond donors (Lipinski definition) is 0. The molecule has 0 aliphatic rings. The van der Waals surface area contributed by atoms with E-state index in [-0.39, 0.29) is 5.38 Å². The Hall–Kier alpha value is -1.27. The standard InChI is InChI=1S/C18H21Cl/c1-14-5-3-7-16(11-14)9-10-18(19)13-17-8-4-6-15(2)12-17/h3-8,11-12,18H,9-10,13H2,1-2H3. The predicted molar refractivity (Wildman–Crippen MR) is 84.0 cm³/mol. The van der Waals surface area contributed by atoms with E-state index in [1.54, 1.807) is 0 Å². The lowest BCUT2D eigenvalue weighted by Crippen LogP contribution is -2.05. The quantitative estimate of drug-likeness (QED) is 0.666. The van der Waals surface area contributed by atoms with Crippen LogP contribution in [0.4, 0.5) is 0 Å². The van der Waals surface area contributed by atoms with Gasteiger partial charge in [0.2, 0.25) is 0 Å². The Bertz CT molecular complexity index is 531. The van der Waals surface area contributed by atoms with Crippen molar-refractivity contribution in [3.63, 3.8) is 0 Å². The van der Waals surface area contributed by atoms with Crippen molar-refractivity contribution < 1.29 is 0 Å². The van der Waals surface area contributed by atoms with Gasteiger partial charge >= 0.3 is 0 Å². The van der Waals surface area contributed by atoms with Crippen LogP contribution in [0.2, 0.25) is 0 Å². The van der Waals surface area contributed by atoms with Crippen LogP contribution in [0, 0.1) is 13.8 Å². The van der Waals surface area contributed by atoms with Crippen molar-refractivity contribution in [1.29, 1.82) is 0 Å². The van der Waals surface area contributed by atoms with Gasteiger partial charge < -0.3 is 0 Å². The summed E-state index contributed by atoms with van der Waals surface area (Å²) in [5, 5.41) is 0.210. The fourth-order valence-electron chi connectivity index (χ4n) is 2.39. The highest BCUT2D eigenvalue weighted by Gasteiger charge is 2.06. The van der Waals surface area contributed by atoms with Gasteiger partial charge in [0.1, 0.15) is 0 Å². The summed E-state index contributed by atoms with van der Waals surface area (Å²) in [6, 6.07) is 17.3. The van der Waals surface area contributed by atoms with Crippen molar-refractivity contribution in [3.8, 4) is 0 Å². The van der Waals surface area contributed by atoms with Crippen LogP contribution in [0.3, 0.4) is 0 Å². The van der Waals surface area contributed by atoms with E-state index < -0.39 is 0 Å². The van der Waals surface area contributed by atoms with E-state index in [1.807, 2.05) is 0 Å². The maximum atomic E-state index is 6.46. The smallest absolute Gasteiger partial charge is 0.0379 e. The van der Waals surface area contributed by atoms with Crippen molar-refractivity contribution in [2.45, 2.75) is 38.5 Å². The van der Waals surface area contributed by atoms with E-state index in [0.717, 1.165) is 19.3 Å². The van der Waals surface area contributed by atoms with Crippen LogP contribution in [-0.2, 0) is 12.8 Å². The van der Waals surface area contributed by atoms with Gasteiger partial charge in [-0.05, 0) is 44.2 Å². The number of alkyl halides is 1. The fourth-order valence-corrected chi connectivity index (χ4v) is 2.68. The average Bonchev–Trinajstić information content (AvgIpc) is 2.36. The predicted octanol–water partition coefficient (Wildman–Crippen LogP) is 5.09. The molecule has 2 rings (SSSR count). The Morgan fingerprint density at radius 3 is 2.11 bits per heavy atom. The molecule has 2 aromatic rings. The normalized spacial score (nSPS) is 12.4. The average molecular weight is 273 g/mol. The van der Waals surface area contributed by atoms with Crippen LogP contribution >= 0.6 is 11.6 Å². The van der Waals surface area contributed by atoms with Gasteiger partial charge in [0.25, 0.3) is 0 Å². The van der Waals surface area contributed by atoms with Crippen LogP contribution in [0.1, 0.15) is 28.7 Å². The lowest BCUT2D eigenvalue weighted by Gasteiger charge is -2.10. The molecule has 0 radical (unpaired) electrons. The van der Waals surface area contributed by atoms with E-state index in [1.165, 1.54) is 22.3 Å². The molecule has 1 atom stereocenters. The van der Waals surface area contributed by atoms with E-state index in [0.29, 0.717) is 0 Å². The molecule has 0 nitrogen and oxygen atoms in total. The molecule has 1 unspecified atom stereocenters. The highest BCUT2D eigenvalue weighted by molar-refractivity contribution is 6.20. The lowest BCUT2D eigenvalue weighted by atomic mass is 10.0. The lowest BCUT2D eigenvalue weighted by molar-refractivity contribution is 0.743. The van der Waals surface area contributed by atoms with Gasteiger partial charge in [0.15, 0.2) is 0 Å². The minimum atomic E-state index is 0.210. The van der Waals surface area contributed by atoms with Crippen LogP contribution in [0.5, 0.6) is 0 Å². The summed E-state index contributed by atoms with van der Waals surface area (Å²) in [4.78, 5) is 0.